The van der Waals surface area contributed by atoms with Crippen LogP contribution in [0, 0.1) is 11.3 Å². The first-order chi connectivity index (χ1) is 16.0. The lowest BCUT2D eigenvalue weighted by Crippen LogP contribution is -2.30. The van der Waals surface area contributed by atoms with Crippen LogP contribution in [0.25, 0.3) is 0 Å². The van der Waals surface area contributed by atoms with Crippen LogP contribution in [0.15, 0.2) is 93.9 Å². The van der Waals surface area contributed by atoms with Gasteiger partial charge < -0.3 is 5.32 Å². The van der Waals surface area contributed by atoms with Crippen molar-refractivity contribution >= 4 is 62.5 Å². The van der Waals surface area contributed by atoms with Crippen molar-refractivity contribution in [3.8, 4) is 6.07 Å². The third-order valence-corrected chi connectivity index (χ3v) is 7.00. The second-order valence-corrected chi connectivity index (χ2v) is 9.74. The Morgan fingerprint density at radius 1 is 1.06 bits per heavy atom. The quantitative estimate of drug-likeness (QED) is 0.312. The monoisotopic (exact) mass is 537 g/mol. The van der Waals surface area contributed by atoms with Gasteiger partial charge in [-0.2, -0.15) is 5.26 Å². The average Bonchev–Trinajstić information content (AvgIpc) is 3.12. The van der Waals surface area contributed by atoms with Crippen molar-refractivity contribution in [1.29, 1.82) is 5.26 Å². The van der Waals surface area contributed by atoms with Gasteiger partial charge in [0.2, 0.25) is 5.91 Å². The van der Waals surface area contributed by atoms with Gasteiger partial charge in [0.15, 0.2) is 0 Å². The number of nitriles is 1. The van der Waals surface area contributed by atoms with Crippen LogP contribution in [0.5, 0.6) is 0 Å². The first kappa shape index (κ1) is 23.1. The van der Waals surface area contributed by atoms with Crippen molar-refractivity contribution in [2.45, 2.75) is 11.7 Å². The maximum atomic E-state index is 13.4. The van der Waals surface area contributed by atoms with Crippen molar-refractivity contribution < 1.29 is 9.59 Å². The summed E-state index contributed by atoms with van der Waals surface area (Å²) in [7, 11) is 0. The van der Waals surface area contributed by atoms with Crippen molar-refractivity contribution in [3.63, 3.8) is 0 Å². The lowest BCUT2D eigenvalue weighted by Gasteiger charge is -2.19. The van der Waals surface area contributed by atoms with E-state index in [0.29, 0.717) is 27.8 Å². The van der Waals surface area contributed by atoms with E-state index in [0.717, 1.165) is 10.0 Å². The maximum absolute atomic E-state index is 13.4. The zero-order valence-electron chi connectivity index (χ0n) is 17.2. The molecule has 33 heavy (non-hydrogen) atoms. The van der Waals surface area contributed by atoms with Crippen molar-refractivity contribution in [2.75, 3.05) is 10.2 Å². The summed E-state index contributed by atoms with van der Waals surface area (Å²) in [5, 5.41) is 13.0. The molecule has 3 aromatic carbocycles. The molecule has 1 fully saturated rings. The minimum absolute atomic E-state index is 0.123. The molecule has 5 nitrogen and oxygen atoms in total. The number of carbonyl (C=O) groups is 2. The first-order valence-corrected chi connectivity index (χ1v) is 12.0. The van der Waals surface area contributed by atoms with Crippen LogP contribution in [0.2, 0.25) is 5.02 Å². The van der Waals surface area contributed by atoms with E-state index in [2.05, 4.69) is 21.2 Å². The van der Waals surface area contributed by atoms with Gasteiger partial charge in [-0.25, -0.2) is 0 Å². The van der Waals surface area contributed by atoms with Gasteiger partial charge in [-0.05, 0) is 60.5 Å². The molecule has 1 atom stereocenters. The van der Waals surface area contributed by atoms with Crippen LogP contribution in [-0.2, 0) is 16.0 Å². The Balaban J connectivity index is 1.72. The number of amides is 2. The summed E-state index contributed by atoms with van der Waals surface area (Å²) in [6.07, 6.45) is 0.477. The van der Waals surface area contributed by atoms with E-state index >= 15 is 0 Å². The summed E-state index contributed by atoms with van der Waals surface area (Å²) in [6, 6.07) is 25.4. The molecule has 1 N–H and O–H groups in total. The number of carbonyl (C=O) groups excluding carboxylic acids is 2. The van der Waals surface area contributed by atoms with Gasteiger partial charge in [0, 0.05) is 20.9 Å². The van der Waals surface area contributed by atoms with E-state index in [9.17, 15) is 14.9 Å². The highest BCUT2D eigenvalue weighted by atomic mass is 79.9. The number of benzene rings is 3. The molecule has 0 bridgehead atoms. The zero-order chi connectivity index (χ0) is 23.4. The minimum Gasteiger partial charge on any atom is -0.321 e. The normalized spacial score (nSPS) is 16.9. The van der Waals surface area contributed by atoms with Crippen molar-refractivity contribution in [1.82, 2.24) is 0 Å². The number of rotatable bonds is 5. The van der Waals surface area contributed by atoms with Crippen LogP contribution >= 0.6 is 39.3 Å². The van der Waals surface area contributed by atoms with Gasteiger partial charge in [-0.15, -0.1) is 0 Å². The van der Waals surface area contributed by atoms with E-state index in [1.807, 2.05) is 36.4 Å². The summed E-state index contributed by atoms with van der Waals surface area (Å²) in [5.41, 5.74) is 1.97. The Morgan fingerprint density at radius 3 is 2.36 bits per heavy atom. The van der Waals surface area contributed by atoms with Gasteiger partial charge in [0.05, 0.1) is 5.25 Å². The molecule has 8 heteroatoms. The topological polar surface area (TPSA) is 73.2 Å². The fraction of sp³-hybridized carbons (Fsp3) is 0.0800. The summed E-state index contributed by atoms with van der Waals surface area (Å²) >= 11 is 10.6. The predicted molar refractivity (Wildman–Crippen MR) is 136 cm³/mol. The SMILES string of the molecule is N#C/C(C(=O)Nc1ccc(Br)cc1)=C1/SC(Cc2ccccc2)C(=O)N1c1ccc(Cl)cc1. The summed E-state index contributed by atoms with van der Waals surface area (Å²) in [5.74, 6) is -0.764. The number of thioether (sulfide) groups is 1. The van der Waals surface area contributed by atoms with E-state index in [1.54, 1.807) is 48.5 Å². The summed E-state index contributed by atoms with van der Waals surface area (Å²) in [4.78, 5) is 27.9. The summed E-state index contributed by atoms with van der Waals surface area (Å²) < 4.78 is 0.869. The molecule has 3 aromatic rings. The van der Waals surface area contributed by atoms with E-state index in [-0.39, 0.29) is 11.5 Å². The molecule has 1 unspecified atom stereocenters. The van der Waals surface area contributed by atoms with Crippen LogP contribution in [-0.4, -0.2) is 17.1 Å². The summed E-state index contributed by atoms with van der Waals surface area (Å²) in [6.45, 7) is 0. The van der Waals surface area contributed by atoms with Crippen molar-refractivity contribution in [3.05, 3.63) is 105 Å². The smallest absolute Gasteiger partial charge is 0.269 e. The van der Waals surface area contributed by atoms with Gasteiger partial charge in [0.1, 0.15) is 16.7 Å². The van der Waals surface area contributed by atoms with E-state index < -0.39 is 11.2 Å². The number of hydrogen-bond donors (Lipinski definition) is 1. The molecule has 0 aliphatic carbocycles. The van der Waals surface area contributed by atoms with Gasteiger partial charge in [-0.1, -0.05) is 69.6 Å². The molecule has 0 spiro atoms. The largest absolute Gasteiger partial charge is 0.321 e. The molecule has 164 valence electrons. The van der Waals surface area contributed by atoms with Gasteiger partial charge >= 0.3 is 0 Å². The number of anilines is 2. The Morgan fingerprint density at radius 2 is 1.73 bits per heavy atom. The standard InChI is InChI=1S/C25H17BrClN3O2S/c26-17-6-10-19(11-7-17)29-23(31)21(15-28)25-30(20-12-8-18(27)9-13-20)24(32)22(33-25)14-16-4-2-1-3-5-16/h1-13,22H,14H2,(H,29,31)/b25-21-. The number of hydrogen-bond acceptors (Lipinski definition) is 4. The maximum Gasteiger partial charge on any atom is 0.269 e. The Bertz CT molecular complexity index is 1260. The highest BCUT2D eigenvalue weighted by Gasteiger charge is 2.40. The predicted octanol–water partition coefficient (Wildman–Crippen LogP) is 6.17. The molecular formula is C25H17BrClN3O2S. The van der Waals surface area contributed by atoms with Crippen LogP contribution in [0.4, 0.5) is 11.4 Å². The highest BCUT2D eigenvalue weighted by Crippen LogP contribution is 2.42. The fourth-order valence-corrected chi connectivity index (χ4v) is 5.07. The van der Waals surface area contributed by atoms with Gasteiger partial charge in [0.25, 0.3) is 5.91 Å². The second kappa shape index (κ2) is 10.3. The van der Waals surface area contributed by atoms with E-state index in [1.165, 1.54) is 16.7 Å². The van der Waals surface area contributed by atoms with E-state index in [4.69, 9.17) is 11.6 Å². The molecule has 0 radical (unpaired) electrons. The van der Waals surface area contributed by atoms with Gasteiger partial charge in [-0.3, -0.25) is 14.5 Å². The Labute approximate surface area is 209 Å². The Kier molecular flexibility index (Phi) is 7.19. The van der Waals surface area contributed by atoms with Crippen LogP contribution in [0.3, 0.4) is 0 Å². The van der Waals surface area contributed by atoms with Crippen LogP contribution in [0.1, 0.15) is 5.56 Å². The average molecular weight is 539 g/mol. The molecule has 1 aliphatic rings. The second-order valence-electron chi connectivity index (χ2n) is 7.20. The minimum atomic E-state index is -0.575. The molecule has 4 rings (SSSR count). The first-order valence-electron chi connectivity index (χ1n) is 9.97. The highest BCUT2D eigenvalue weighted by molar-refractivity contribution is 9.10. The fourth-order valence-electron chi connectivity index (χ4n) is 3.37. The molecular weight excluding hydrogens is 522 g/mol. The lowest BCUT2D eigenvalue weighted by atomic mass is 10.1. The third kappa shape index (κ3) is 5.31. The molecule has 0 saturated carbocycles. The van der Waals surface area contributed by atoms with Crippen molar-refractivity contribution in [2.24, 2.45) is 0 Å². The Hall–Kier alpha value is -3.05. The zero-order valence-corrected chi connectivity index (χ0v) is 20.3. The molecule has 2 amide bonds. The lowest BCUT2D eigenvalue weighted by molar-refractivity contribution is -0.117. The third-order valence-electron chi connectivity index (χ3n) is 4.96. The molecule has 1 heterocycles. The number of nitrogens with one attached hydrogen (secondary N) is 1. The molecule has 1 saturated heterocycles. The number of nitrogens with zero attached hydrogens (tertiary/aromatic N) is 2. The number of halogens is 2. The molecule has 1 aliphatic heterocycles. The van der Waals surface area contributed by atoms with Crippen LogP contribution < -0.4 is 10.2 Å². The molecule has 0 aromatic heterocycles.